The van der Waals surface area contributed by atoms with Gasteiger partial charge in [-0.2, -0.15) is 13.7 Å². The van der Waals surface area contributed by atoms with Crippen molar-refractivity contribution in [2.24, 2.45) is 0 Å². The van der Waals surface area contributed by atoms with E-state index in [0.717, 1.165) is 22.3 Å². The number of benzene rings is 2. The average molecular weight is 396 g/mol. The van der Waals surface area contributed by atoms with Crippen LogP contribution >= 0.6 is 11.8 Å². The van der Waals surface area contributed by atoms with E-state index in [0.29, 0.717) is 21.3 Å². The molecule has 0 spiro atoms. The van der Waals surface area contributed by atoms with Crippen LogP contribution in [0.4, 0.5) is 0 Å². The van der Waals surface area contributed by atoms with Crippen LogP contribution in [0, 0.1) is 30.6 Å². The van der Waals surface area contributed by atoms with Crippen LogP contribution in [0.25, 0.3) is 5.57 Å². The van der Waals surface area contributed by atoms with E-state index in [1.807, 2.05) is 49.6 Å². The van der Waals surface area contributed by atoms with E-state index in [9.17, 15) is 13.7 Å². The molecule has 0 fully saturated rings. The molecule has 0 bridgehead atoms. The molecule has 0 aromatic heterocycles. The Kier molecular flexibility index (Phi) is 5.22. The van der Waals surface area contributed by atoms with E-state index in [4.69, 9.17) is 5.41 Å². The molecule has 0 unspecified atom stereocenters. The van der Waals surface area contributed by atoms with Gasteiger partial charge in [-0.15, -0.1) is 0 Å². The smallest absolute Gasteiger partial charge is 0.343 e. The number of thioether (sulfide) groups is 1. The summed E-state index contributed by atoms with van der Waals surface area (Å²) >= 11 is 1.34. The maximum absolute atomic E-state index is 10.8. The fraction of sp³-hybridized carbons (Fsp3) is 0.100. The van der Waals surface area contributed by atoms with Gasteiger partial charge in [-0.1, -0.05) is 42.1 Å². The minimum atomic E-state index is -3.36. The first kappa shape index (κ1) is 19.0. The molecule has 1 N–H and O–H groups in total. The molecule has 0 amide bonds. The van der Waals surface area contributed by atoms with E-state index in [-0.39, 0.29) is 0 Å². The minimum absolute atomic E-state index is 0.295. The van der Waals surface area contributed by atoms with Gasteiger partial charge in [0.1, 0.15) is 11.0 Å². The highest BCUT2D eigenvalue weighted by Crippen LogP contribution is 2.36. The molecular weight excluding hydrogens is 380 g/mol. The molecule has 27 heavy (non-hydrogen) atoms. The Balaban J connectivity index is 0.000000166. The fourth-order valence-electron chi connectivity index (χ4n) is 2.64. The van der Waals surface area contributed by atoms with Crippen LogP contribution in [-0.2, 0) is 10.1 Å². The molecule has 4 rings (SSSR count). The van der Waals surface area contributed by atoms with Gasteiger partial charge in [-0.05, 0) is 54.2 Å². The number of nitrogens with one attached hydrogen (secondary N) is 1. The molecule has 2 aromatic carbocycles. The summed E-state index contributed by atoms with van der Waals surface area (Å²) in [7, 11) is -3.36. The zero-order chi connectivity index (χ0) is 19.6. The molecule has 2 aromatic rings. The van der Waals surface area contributed by atoms with Crippen molar-refractivity contribution in [3.8, 4) is 11.8 Å². The third kappa shape index (κ3) is 3.82. The monoisotopic (exact) mass is 396 g/mol. The van der Waals surface area contributed by atoms with Gasteiger partial charge in [0.25, 0.3) is 0 Å². The van der Waals surface area contributed by atoms with Gasteiger partial charge >= 0.3 is 10.1 Å². The Morgan fingerprint density at radius 3 is 2.48 bits per heavy atom. The Morgan fingerprint density at radius 1 is 1.19 bits per heavy atom. The normalized spacial score (nSPS) is 17.6. The standard InChI is InChI=1S/C13H10N2S.C7H6O3S/c1-9-4-2-3-5-10(9)12(8-14)11-6-7-16-13(11)15;1-5-2-3-7-6(4-5)10-11(7,8)9/h2-7,15H,1H3;2-4H,1H3. The topological polar surface area (TPSA) is 91.0 Å². The fourth-order valence-corrected chi connectivity index (χ4v) is 4.21. The lowest BCUT2D eigenvalue weighted by molar-refractivity contribution is 0.442. The number of rotatable bonds is 1. The summed E-state index contributed by atoms with van der Waals surface area (Å²) in [6, 6.07) is 15.0. The second kappa shape index (κ2) is 7.43. The minimum Gasteiger partial charge on any atom is -0.377 e. The summed E-state index contributed by atoms with van der Waals surface area (Å²) in [5, 5.41) is 19.3. The molecule has 0 atom stereocenters. The highest BCUT2D eigenvalue weighted by Gasteiger charge is 2.32. The van der Waals surface area contributed by atoms with Crippen LogP contribution in [0.3, 0.4) is 0 Å². The largest absolute Gasteiger partial charge is 0.377 e. The van der Waals surface area contributed by atoms with Gasteiger partial charge < -0.3 is 4.18 Å². The first-order valence-electron chi connectivity index (χ1n) is 8.01. The number of hydrogen-bond donors (Lipinski definition) is 1. The summed E-state index contributed by atoms with van der Waals surface area (Å²) < 4.78 is 26.1. The first-order chi connectivity index (χ1) is 12.8. The van der Waals surface area contributed by atoms with Gasteiger partial charge in [-0.25, -0.2) is 0 Å². The van der Waals surface area contributed by atoms with E-state index < -0.39 is 10.1 Å². The predicted molar refractivity (Wildman–Crippen MR) is 107 cm³/mol. The van der Waals surface area contributed by atoms with Crippen molar-refractivity contribution in [1.82, 2.24) is 0 Å². The molecule has 0 saturated heterocycles. The number of nitrogens with zero attached hydrogens (tertiary/aromatic N) is 1. The van der Waals surface area contributed by atoms with Crippen LogP contribution in [0.1, 0.15) is 16.7 Å². The van der Waals surface area contributed by atoms with Crippen molar-refractivity contribution in [2.45, 2.75) is 18.7 Å². The molecular formula is C20H16N2O3S2. The Hall–Kier alpha value is -2.82. The number of nitriles is 1. The van der Waals surface area contributed by atoms with Gasteiger partial charge in [0, 0.05) is 5.57 Å². The predicted octanol–water partition coefficient (Wildman–Crippen LogP) is 4.59. The third-order valence-corrected chi connectivity index (χ3v) is 6.03. The van der Waals surface area contributed by atoms with E-state index >= 15 is 0 Å². The number of allylic oxidation sites excluding steroid dienone is 2. The third-order valence-electron chi connectivity index (χ3n) is 4.03. The zero-order valence-corrected chi connectivity index (χ0v) is 16.3. The number of fused-ring (bicyclic) bond motifs is 1. The van der Waals surface area contributed by atoms with E-state index in [1.165, 1.54) is 11.8 Å². The highest BCUT2D eigenvalue weighted by molar-refractivity contribution is 8.17. The van der Waals surface area contributed by atoms with E-state index in [1.54, 1.807) is 18.2 Å². The maximum Gasteiger partial charge on any atom is 0.343 e. The Bertz CT molecular complexity index is 1140. The quantitative estimate of drug-likeness (QED) is 0.562. The molecule has 2 aliphatic heterocycles. The number of hydrogen-bond acceptors (Lipinski definition) is 6. The summed E-state index contributed by atoms with van der Waals surface area (Å²) in [6.07, 6.45) is 1.83. The second-order valence-corrected chi connectivity index (χ2v) is 8.38. The van der Waals surface area contributed by atoms with Crippen LogP contribution in [-0.4, -0.2) is 13.5 Å². The summed E-state index contributed by atoms with van der Waals surface area (Å²) in [5.74, 6) is 0.463. The van der Waals surface area contributed by atoms with Crippen molar-refractivity contribution >= 4 is 32.5 Å². The van der Waals surface area contributed by atoms with Gasteiger partial charge in [0.15, 0.2) is 5.75 Å². The van der Waals surface area contributed by atoms with E-state index in [2.05, 4.69) is 10.3 Å². The Morgan fingerprint density at radius 2 is 1.93 bits per heavy atom. The van der Waals surface area contributed by atoms with Gasteiger partial charge in [0.05, 0.1) is 10.6 Å². The lowest BCUT2D eigenvalue weighted by Gasteiger charge is -2.18. The Labute approximate surface area is 162 Å². The molecule has 0 saturated carbocycles. The highest BCUT2D eigenvalue weighted by atomic mass is 32.2. The molecule has 0 radical (unpaired) electrons. The van der Waals surface area contributed by atoms with Crippen molar-refractivity contribution in [3.63, 3.8) is 0 Å². The first-order valence-corrected chi connectivity index (χ1v) is 10.3. The SMILES string of the molecule is Cc1ccc2c(c1)OS2(=O)=O.Cc1ccccc1C(C#N)=C1C=CSC1=N. The van der Waals surface area contributed by atoms with Crippen LogP contribution in [0.5, 0.6) is 5.75 Å². The van der Waals surface area contributed by atoms with Crippen LogP contribution < -0.4 is 4.18 Å². The van der Waals surface area contributed by atoms with Gasteiger partial charge in [-0.3, -0.25) is 5.41 Å². The molecule has 2 aliphatic rings. The maximum atomic E-state index is 10.8. The van der Waals surface area contributed by atoms with Crippen molar-refractivity contribution in [3.05, 3.63) is 76.2 Å². The molecule has 2 heterocycles. The molecule has 136 valence electrons. The zero-order valence-electron chi connectivity index (χ0n) is 14.7. The van der Waals surface area contributed by atoms with Crippen molar-refractivity contribution in [1.29, 1.82) is 10.7 Å². The van der Waals surface area contributed by atoms with Gasteiger partial charge in [0.2, 0.25) is 0 Å². The molecule has 7 heteroatoms. The van der Waals surface area contributed by atoms with Crippen LogP contribution in [0.15, 0.2) is 64.4 Å². The molecule has 5 nitrogen and oxygen atoms in total. The lowest BCUT2D eigenvalue weighted by Crippen LogP contribution is -2.20. The summed E-state index contributed by atoms with van der Waals surface area (Å²) in [5.41, 5.74) is 4.28. The summed E-state index contributed by atoms with van der Waals surface area (Å²) in [6.45, 7) is 3.86. The average Bonchev–Trinajstić information content (AvgIpc) is 3.03. The lowest BCUT2D eigenvalue weighted by atomic mass is 9.97. The summed E-state index contributed by atoms with van der Waals surface area (Å²) in [4.78, 5) is 0.295. The molecule has 0 aliphatic carbocycles. The van der Waals surface area contributed by atoms with Crippen molar-refractivity contribution < 1.29 is 12.6 Å². The number of aryl methyl sites for hydroxylation is 2. The second-order valence-electron chi connectivity index (χ2n) is 5.95. The van der Waals surface area contributed by atoms with Crippen LogP contribution in [0.2, 0.25) is 0 Å². The van der Waals surface area contributed by atoms with Crippen molar-refractivity contribution in [2.75, 3.05) is 0 Å².